The Morgan fingerprint density at radius 2 is 2.15 bits per heavy atom. The van der Waals surface area contributed by atoms with Gasteiger partial charge in [0.25, 0.3) is 5.91 Å². The normalized spacial score (nSPS) is 15.0. The highest BCUT2D eigenvalue weighted by molar-refractivity contribution is 8.18. The van der Waals surface area contributed by atoms with Gasteiger partial charge in [-0.05, 0) is 53.2 Å². The molecule has 1 aliphatic rings. The number of nitrogens with zero attached hydrogens (tertiary/aromatic N) is 1. The number of rotatable bonds is 4. The Bertz CT molecular complexity index is 975. The van der Waals surface area contributed by atoms with Crippen LogP contribution >= 0.6 is 23.4 Å². The molecule has 0 bridgehead atoms. The molecular weight excluding hydrogens is 391 g/mol. The number of amidine groups is 1. The molecule has 0 unspecified atom stereocenters. The third-order valence-corrected chi connectivity index (χ3v) is 4.63. The molecule has 0 aliphatic carbocycles. The van der Waals surface area contributed by atoms with E-state index < -0.39 is 5.91 Å². The van der Waals surface area contributed by atoms with Crippen molar-refractivity contribution in [1.29, 1.82) is 0 Å². The minimum absolute atomic E-state index is 0.181. The first kappa shape index (κ1) is 19.1. The van der Waals surface area contributed by atoms with Crippen LogP contribution in [0.2, 0.25) is 5.02 Å². The number of aliphatic imine (C=N–C) groups is 1. The second-order valence-corrected chi connectivity index (χ2v) is 7.06. The van der Waals surface area contributed by atoms with Gasteiger partial charge in [0.1, 0.15) is 18.2 Å². The first-order valence-electron chi connectivity index (χ1n) is 7.87. The summed E-state index contributed by atoms with van der Waals surface area (Å²) < 4.78 is 18.8. The van der Waals surface area contributed by atoms with Crippen molar-refractivity contribution in [3.8, 4) is 5.75 Å². The third-order valence-electron chi connectivity index (χ3n) is 3.44. The molecule has 0 radical (unpaired) electrons. The van der Waals surface area contributed by atoms with Gasteiger partial charge in [-0.25, -0.2) is 4.39 Å². The summed E-state index contributed by atoms with van der Waals surface area (Å²) in [6.07, 6.45) is 1.63. The highest BCUT2D eigenvalue weighted by Crippen LogP contribution is 2.31. The highest BCUT2D eigenvalue weighted by Gasteiger charge is 2.22. The van der Waals surface area contributed by atoms with Crippen LogP contribution in [0.4, 0.5) is 4.39 Å². The van der Waals surface area contributed by atoms with Crippen molar-refractivity contribution in [2.75, 3.05) is 0 Å². The summed E-state index contributed by atoms with van der Waals surface area (Å²) in [7, 11) is 0. The fraction of sp³-hybridized carbons (Fsp3) is 0.105. The van der Waals surface area contributed by atoms with Crippen molar-refractivity contribution in [1.82, 2.24) is 5.32 Å². The summed E-state index contributed by atoms with van der Waals surface area (Å²) in [4.78, 5) is 27.1. The lowest BCUT2D eigenvalue weighted by molar-refractivity contribution is -0.117. The summed E-state index contributed by atoms with van der Waals surface area (Å²) in [5, 5.41) is 3.09. The van der Waals surface area contributed by atoms with E-state index in [-0.39, 0.29) is 23.5 Å². The zero-order valence-corrected chi connectivity index (χ0v) is 15.7. The molecule has 0 saturated heterocycles. The number of benzene rings is 2. The molecule has 1 aliphatic heterocycles. The topological polar surface area (TPSA) is 67.8 Å². The van der Waals surface area contributed by atoms with Gasteiger partial charge in [-0.1, -0.05) is 29.8 Å². The predicted molar refractivity (Wildman–Crippen MR) is 104 cm³/mol. The van der Waals surface area contributed by atoms with Crippen LogP contribution in [0.5, 0.6) is 5.75 Å². The fourth-order valence-electron chi connectivity index (χ4n) is 2.28. The van der Waals surface area contributed by atoms with Crippen LogP contribution in [-0.2, 0) is 16.2 Å². The zero-order chi connectivity index (χ0) is 19.4. The van der Waals surface area contributed by atoms with Gasteiger partial charge >= 0.3 is 0 Å². The molecule has 138 valence electrons. The van der Waals surface area contributed by atoms with Crippen molar-refractivity contribution in [3.63, 3.8) is 0 Å². The monoisotopic (exact) mass is 404 g/mol. The number of hydrogen-bond acceptors (Lipinski definition) is 4. The number of hydrogen-bond donors (Lipinski definition) is 1. The van der Waals surface area contributed by atoms with Crippen molar-refractivity contribution in [3.05, 3.63) is 69.3 Å². The Balaban J connectivity index is 1.68. The predicted octanol–water partition coefficient (Wildman–Crippen LogP) is 4.16. The average molecular weight is 405 g/mol. The second kappa shape index (κ2) is 8.37. The van der Waals surface area contributed by atoms with Gasteiger partial charge in [-0.2, -0.15) is 4.99 Å². The van der Waals surface area contributed by atoms with Crippen molar-refractivity contribution in [2.45, 2.75) is 13.5 Å². The van der Waals surface area contributed by atoms with E-state index in [4.69, 9.17) is 16.3 Å². The molecule has 5 nitrogen and oxygen atoms in total. The Labute approximate surface area is 164 Å². The maximum absolute atomic E-state index is 13.2. The highest BCUT2D eigenvalue weighted by atomic mass is 35.5. The molecule has 2 aromatic carbocycles. The zero-order valence-electron chi connectivity index (χ0n) is 14.2. The second-order valence-electron chi connectivity index (χ2n) is 5.62. The Morgan fingerprint density at radius 3 is 2.85 bits per heavy atom. The minimum atomic E-state index is -0.425. The number of carbonyl (C=O) groups is 2. The number of amides is 2. The maximum atomic E-state index is 13.2. The molecule has 8 heteroatoms. The molecule has 2 amide bonds. The number of thioether (sulfide) groups is 1. The minimum Gasteiger partial charge on any atom is -0.487 e. The molecule has 3 rings (SSSR count). The Hall–Kier alpha value is -2.64. The van der Waals surface area contributed by atoms with Gasteiger partial charge in [0.2, 0.25) is 5.91 Å². The number of nitrogens with one attached hydrogen (secondary N) is 1. The summed E-state index contributed by atoms with van der Waals surface area (Å²) >= 11 is 7.32. The molecular formula is C19H14ClFN2O3S. The van der Waals surface area contributed by atoms with Gasteiger partial charge in [0, 0.05) is 6.92 Å². The molecule has 0 fully saturated rings. The van der Waals surface area contributed by atoms with Gasteiger partial charge in [0.15, 0.2) is 5.17 Å². The van der Waals surface area contributed by atoms with E-state index in [1.165, 1.54) is 19.1 Å². The summed E-state index contributed by atoms with van der Waals surface area (Å²) in [5.74, 6) is -0.600. The van der Waals surface area contributed by atoms with Gasteiger partial charge in [-0.3, -0.25) is 9.59 Å². The van der Waals surface area contributed by atoms with Crippen LogP contribution in [-0.4, -0.2) is 17.0 Å². The maximum Gasteiger partial charge on any atom is 0.286 e. The van der Waals surface area contributed by atoms with Crippen LogP contribution < -0.4 is 10.1 Å². The molecule has 1 N–H and O–H groups in total. The van der Waals surface area contributed by atoms with Crippen LogP contribution in [0.1, 0.15) is 18.1 Å². The molecule has 0 saturated carbocycles. The fourth-order valence-corrected chi connectivity index (χ4v) is 3.38. The van der Waals surface area contributed by atoms with Gasteiger partial charge < -0.3 is 10.1 Å². The van der Waals surface area contributed by atoms with Gasteiger partial charge in [-0.15, -0.1) is 0 Å². The van der Waals surface area contributed by atoms with E-state index in [1.807, 2.05) is 0 Å². The summed E-state index contributed by atoms with van der Waals surface area (Å²) in [6.45, 7) is 1.53. The summed E-state index contributed by atoms with van der Waals surface area (Å²) in [5.41, 5.74) is 1.38. The van der Waals surface area contributed by atoms with E-state index in [0.29, 0.717) is 26.8 Å². The number of carbonyl (C=O) groups excluding carboxylic acids is 2. The molecule has 1 heterocycles. The van der Waals surface area contributed by atoms with E-state index in [2.05, 4.69) is 10.3 Å². The molecule has 0 atom stereocenters. The lowest BCUT2D eigenvalue weighted by Crippen LogP contribution is -2.23. The van der Waals surface area contributed by atoms with Crippen LogP contribution in [0.15, 0.2) is 52.4 Å². The Kier molecular flexibility index (Phi) is 5.93. The van der Waals surface area contributed by atoms with Crippen LogP contribution in [0.3, 0.4) is 0 Å². The van der Waals surface area contributed by atoms with E-state index >= 15 is 0 Å². The van der Waals surface area contributed by atoms with Crippen molar-refractivity contribution >= 4 is 46.4 Å². The van der Waals surface area contributed by atoms with Crippen molar-refractivity contribution in [2.24, 2.45) is 4.99 Å². The smallest absolute Gasteiger partial charge is 0.286 e. The standard InChI is InChI=1S/C19H14ClFN2O3S/c1-11(24)22-19-23-18(25)17(27-19)9-12-5-6-16(15(20)8-12)26-10-13-3-2-4-14(21)7-13/h2-9H,10H2,1H3,(H,22,23,24,25)/b17-9-. The first-order chi connectivity index (χ1) is 12.9. The average Bonchev–Trinajstić information content (AvgIpc) is 2.92. The van der Waals surface area contributed by atoms with Gasteiger partial charge in [0.05, 0.1) is 9.93 Å². The third kappa shape index (κ3) is 5.18. The van der Waals surface area contributed by atoms with E-state index in [0.717, 1.165) is 11.8 Å². The lowest BCUT2D eigenvalue weighted by atomic mass is 10.2. The summed E-state index contributed by atoms with van der Waals surface area (Å²) in [6, 6.07) is 11.2. The van der Waals surface area contributed by atoms with Crippen LogP contribution in [0, 0.1) is 5.82 Å². The van der Waals surface area contributed by atoms with Crippen LogP contribution in [0.25, 0.3) is 6.08 Å². The number of halogens is 2. The molecule has 27 heavy (non-hydrogen) atoms. The first-order valence-corrected chi connectivity index (χ1v) is 9.07. The SMILES string of the molecule is CC(=O)NC1=NC(=O)/C(=C/c2ccc(OCc3cccc(F)c3)c(Cl)c2)S1. The Morgan fingerprint density at radius 1 is 1.33 bits per heavy atom. The number of ether oxygens (including phenoxy) is 1. The quantitative estimate of drug-likeness (QED) is 0.777. The molecule has 0 spiro atoms. The largest absolute Gasteiger partial charge is 0.487 e. The lowest BCUT2D eigenvalue weighted by Gasteiger charge is -2.09. The molecule has 0 aromatic heterocycles. The van der Waals surface area contributed by atoms with E-state index in [9.17, 15) is 14.0 Å². The van der Waals surface area contributed by atoms with E-state index in [1.54, 1.807) is 36.4 Å². The molecule has 2 aromatic rings. The van der Waals surface area contributed by atoms with Crippen molar-refractivity contribution < 1.29 is 18.7 Å².